The first-order valence-corrected chi connectivity index (χ1v) is 7.33. The van der Waals surface area contributed by atoms with Crippen molar-refractivity contribution in [2.24, 2.45) is 0 Å². The van der Waals surface area contributed by atoms with E-state index >= 15 is 0 Å². The number of carbonyl (C=O) groups excluding carboxylic acids is 1. The number of nitrogens with one attached hydrogen (secondary N) is 1. The second kappa shape index (κ2) is 6.66. The van der Waals surface area contributed by atoms with E-state index in [4.69, 9.17) is 9.47 Å². The van der Waals surface area contributed by atoms with Crippen molar-refractivity contribution in [3.8, 4) is 5.75 Å². The second-order valence-corrected chi connectivity index (χ2v) is 6.09. The summed E-state index contributed by atoms with van der Waals surface area (Å²) < 4.78 is 10.6. The molecule has 0 saturated heterocycles. The summed E-state index contributed by atoms with van der Waals surface area (Å²) in [5.74, 6) is 0.999. The summed E-state index contributed by atoms with van der Waals surface area (Å²) in [5.41, 5.74) is 1.98. The van der Waals surface area contributed by atoms with Gasteiger partial charge in [0.25, 0.3) is 0 Å². The molecule has 1 aliphatic rings. The molecule has 1 aromatic rings. The van der Waals surface area contributed by atoms with Crippen LogP contribution in [0.2, 0.25) is 0 Å². The zero-order chi connectivity index (χ0) is 15.3. The van der Waals surface area contributed by atoms with Crippen molar-refractivity contribution in [2.45, 2.75) is 39.2 Å². The maximum Gasteiger partial charge on any atom is 0.407 e. The number of alkyl carbamates (subject to hydrolysis) is 1. The van der Waals surface area contributed by atoms with Crippen LogP contribution in [-0.2, 0) is 11.2 Å². The molecular formula is C17H23NO3. The van der Waals surface area contributed by atoms with Gasteiger partial charge in [-0.15, -0.1) is 0 Å². The first-order valence-electron chi connectivity index (χ1n) is 7.33. The Bertz CT molecular complexity index is 529. The monoisotopic (exact) mass is 289 g/mol. The fraction of sp³-hybridized carbons (Fsp3) is 0.471. The standard InChI is InChI=1S/C17H23NO3/c1-17(2,3)21-16(19)18-10-5-4-6-13-7-8-15-14(12-13)9-11-20-15/h4,6-8,12H,5,9-11H2,1-3H3,(H,18,19). The van der Waals surface area contributed by atoms with Crippen LogP contribution < -0.4 is 10.1 Å². The van der Waals surface area contributed by atoms with Gasteiger partial charge in [0, 0.05) is 13.0 Å². The average Bonchev–Trinajstić information content (AvgIpc) is 2.83. The number of hydrogen-bond acceptors (Lipinski definition) is 3. The number of carbonyl (C=O) groups is 1. The number of rotatable bonds is 4. The number of benzene rings is 1. The summed E-state index contributed by atoms with van der Waals surface area (Å²) in [6.45, 7) is 6.90. The molecule has 1 aromatic carbocycles. The number of hydrogen-bond donors (Lipinski definition) is 1. The van der Waals surface area contributed by atoms with E-state index in [1.807, 2.05) is 32.9 Å². The summed E-state index contributed by atoms with van der Waals surface area (Å²) >= 11 is 0. The van der Waals surface area contributed by atoms with E-state index in [1.54, 1.807) is 0 Å². The number of fused-ring (bicyclic) bond motifs is 1. The Morgan fingerprint density at radius 2 is 2.24 bits per heavy atom. The molecule has 21 heavy (non-hydrogen) atoms. The predicted molar refractivity (Wildman–Crippen MR) is 83.5 cm³/mol. The van der Waals surface area contributed by atoms with Gasteiger partial charge in [0.1, 0.15) is 11.4 Å². The Kier molecular flexibility index (Phi) is 4.89. The molecule has 1 aliphatic heterocycles. The molecule has 0 fully saturated rings. The lowest BCUT2D eigenvalue weighted by Crippen LogP contribution is -2.32. The largest absolute Gasteiger partial charge is 0.493 e. The maximum absolute atomic E-state index is 11.4. The van der Waals surface area contributed by atoms with Gasteiger partial charge in [-0.2, -0.15) is 0 Å². The van der Waals surface area contributed by atoms with Crippen molar-refractivity contribution >= 4 is 12.2 Å². The normalized spacial score (nSPS) is 13.9. The highest BCUT2D eigenvalue weighted by Gasteiger charge is 2.15. The van der Waals surface area contributed by atoms with E-state index in [0.717, 1.165) is 30.8 Å². The molecule has 1 amide bonds. The third-order valence-corrected chi connectivity index (χ3v) is 3.00. The zero-order valence-corrected chi connectivity index (χ0v) is 12.9. The van der Waals surface area contributed by atoms with E-state index in [9.17, 15) is 4.79 Å². The van der Waals surface area contributed by atoms with Gasteiger partial charge >= 0.3 is 6.09 Å². The molecule has 0 saturated carbocycles. The van der Waals surface area contributed by atoms with Gasteiger partial charge in [-0.1, -0.05) is 18.2 Å². The molecule has 0 radical (unpaired) electrons. The quantitative estimate of drug-likeness (QED) is 0.862. The lowest BCUT2D eigenvalue weighted by Gasteiger charge is -2.19. The van der Waals surface area contributed by atoms with Crippen LogP contribution in [0.25, 0.3) is 6.08 Å². The fourth-order valence-electron chi connectivity index (χ4n) is 2.10. The first-order chi connectivity index (χ1) is 9.94. The molecule has 0 aromatic heterocycles. The van der Waals surface area contributed by atoms with Crippen LogP contribution in [0.1, 0.15) is 38.3 Å². The van der Waals surface area contributed by atoms with Crippen LogP contribution in [0, 0.1) is 0 Å². The van der Waals surface area contributed by atoms with Crippen LogP contribution >= 0.6 is 0 Å². The summed E-state index contributed by atoms with van der Waals surface area (Å²) in [7, 11) is 0. The van der Waals surface area contributed by atoms with E-state index in [-0.39, 0.29) is 6.09 Å². The number of ether oxygens (including phenoxy) is 2. The molecular weight excluding hydrogens is 266 g/mol. The van der Waals surface area contributed by atoms with Crippen LogP contribution in [0.4, 0.5) is 4.79 Å². The van der Waals surface area contributed by atoms with Gasteiger partial charge in [-0.25, -0.2) is 4.79 Å². The summed E-state index contributed by atoms with van der Waals surface area (Å²) in [6, 6.07) is 6.21. The lowest BCUT2D eigenvalue weighted by atomic mass is 10.1. The van der Waals surface area contributed by atoms with Gasteiger partial charge in [0.2, 0.25) is 0 Å². The SMILES string of the molecule is CC(C)(C)OC(=O)NCCC=Cc1ccc2c(c1)CCO2. The topological polar surface area (TPSA) is 47.6 Å². The Labute approximate surface area is 126 Å². The van der Waals surface area contributed by atoms with Crippen molar-refractivity contribution < 1.29 is 14.3 Å². The van der Waals surface area contributed by atoms with E-state index in [0.29, 0.717) is 6.54 Å². The Morgan fingerprint density at radius 1 is 1.43 bits per heavy atom. The van der Waals surface area contributed by atoms with Gasteiger partial charge in [-0.05, 0) is 50.5 Å². The van der Waals surface area contributed by atoms with Crippen LogP contribution in [0.15, 0.2) is 24.3 Å². The molecule has 0 aliphatic carbocycles. The van der Waals surface area contributed by atoms with Crippen LogP contribution in [0.3, 0.4) is 0 Å². The molecule has 4 heteroatoms. The minimum Gasteiger partial charge on any atom is -0.493 e. The van der Waals surface area contributed by atoms with Crippen molar-refractivity contribution in [1.29, 1.82) is 0 Å². The molecule has 2 rings (SSSR count). The highest BCUT2D eigenvalue weighted by atomic mass is 16.6. The summed E-state index contributed by atoms with van der Waals surface area (Å²) in [4.78, 5) is 11.4. The predicted octanol–water partition coefficient (Wildman–Crippen LogP) is 3.55. The van der Waals surface area contributed by atoms with Gasteiger partial charge in [0.05, 0.1) is 6.61 Å². The molecule has 0 atom stereocenters. The van der Waals surface area contributed by atoms with Crippen molar-refractivity contribution in [1.82, 2.24) is 5.32 Å². The molecule has 114 valence electrons. The van der Waals surface area contributed by atoms with E-state index < -0.39 is 5.60 Å². The van der Waals surface area contributed by atoms with Gasteiger partial charge in [0.15, 0.2) is 0 Å². The number of amides is 1. The molecule has 4 nitrogen and oxygen atoms in total. The molecule has 0 bridgehead atoms. The van der Waals surface area contributed by atoms with Crippen molar-refractivity contribution in [3.05, 3.63) is 35.4 Å². The molecule has 0 spiro atoms. The molecule has 1 heterocycles. The van der Waals surface area contributed by atoms with Crippen molar-refractivity contribution in [3.63, 3.8) is 0 Å². The van der Waals surface area contributed by atoms with Crippen LogP contribution in [0.5, 0.6) is 5.75 Å². The Hall–Kier alpha value is -1.97. The Balaban J connectivity index is 1.72. The maximum atomic E-state index is 11.4. The fourth-order valence-corrected chi connectivity index (χ4v) is 2.10. The summed E-state index contributed by atoms with van der Waals surface area (Å²) in [6.07, 6.45) is 5.50. The first kappa shape index (κ1) is 15.4. The third kappa shape index (κ3) is 5.14. The van der Waals surface area contributed by atoms with Crippen LogP contribution in [-0.4, -0.2) is 24.8 Å². The lowest BCUT2D eigenvalue weighted by molar-refractivity contribution is 0.0529. The zero-order valence-electron chi connectivity index (χ0n) is 12.9. The average molecular weight is 289 g/mol. The van der Waals surface area contributed by atoms with Gasteiger partial charge < -0.3 is 14.8 Å². The highest BCUT2D eigenvalue weighted by Crippen LogP contribution is 2.26. The van der Waals surface area contributed by atoms with E-state index in [1.165, 1.54) is 5.56 Å². The smallest absolute Gasteiger partial charge is 0.407 e. The second-order valence-electron chi connectivity index (χ2n) is 6.09. The molecule has 0 unspecified atom stereocenters. The minimum atomic E-state index is -0.452. The minimum absolute atomic E-state index is 0.370. The van der Waals surface area contributed by atoms with Gasteiger partial charge in [-0.3, -0.25) is 0 Å². The third-order valence-electron chi connectivity index (χ3n) is 3.00. The molecule has 1 N–H and O–H groups in total. The van der Waals surface area contributed by atoms with E-state index in [2.05, 4.69) is 23.5 Å². The Morgan fingerprint density at radius 3 is 3.00 bits per heavy atom. The summed E-state index contributed by atoms with van der Waals surface area (Å²) in [5, 5.41) is 2.73. The highest BCUT2D eigenvalue weighted by molar-refractivity contribution is 5.67. The van der Waals surface area contributed by atoms with Crippen molar-refractivity contribution in [2.75, 3.05) is 13.2 Å².